The first kappa shape index (κ1) is 14.4. The molecule has 20 heavy (non-hydrogen) atoms. The van der Waals surface area contributed by atoms with Gasteiger partial charge < -0.3 is 9.67 Å². The number of para-hydroxylation sites is 1. The molecule has 0 atom stereocenters. The summed E-state index contributed by atoms with van der Waals surface area (Å²) in [5.41, 5.74) is -0.172. The largest absolute Gasteiger partial charge is 0.478 e. The molecule has 1 N–H and O–H groups in total. The van der Waals surface area contributed by atoms with Gasteiger partial charge in [-0.05, 0) is 18.1 Å². The first-order chi connectivity index (χ1) is 9.21. The molecule has 0 aliphatic heterocycles. The zero-order valence-electron chi connectivity index (χ0n) is 10.9. The number of nitrogens with zero attached hydrogens (tertiary/aromatic N) is 2. The third kappa shape index (κ3) is 2.48. The summed E-state index contributed by atoms with van der Waals surface area (Å²) in [4.78, 5) is 14.6. The average molecular weight is 286 g/mol. The van der Waals surface area contributed by atoms with E-state index < -0.39 is 18.0 Å². The van der Waals surface area contributed by atoms with Crippen LogP contribution in [0, 0.1) is 5.92 Å². The summed E-state index contributed by atoms with van der Waals surface area (Å²) >= 11 is 0. The fourth-order valence-corrected chi connectivity index (χ4v) is 2.09. The van der Waals surface area contributed by atoms with Crippen molar-refractivity contribution in [3.8, 4) is 0 Å². The van der Waals surface area contributed by atoms with Crippen molar-refractivity contribution < 1.29 is 23.1 Å². The lowest BCUT2D eigenvalue weighted by atomic mass is 10.1. The highest BCUT2D eigenvalue weighted by Gasteiger charge is 2.38. The van der Waals surface area contributed by atoms with Crippen LogP contribution in [0.3, 0.4) is 0 Å². The highest BCUT2D eigenvalue weighted by atomic mass is 19.4. The summed E-state index contributed by atoms with van der Waals surface area (Å²) in [5, 5.41) is 9.04. The number of alkyl halides is 3. The van der Waals surface area contributed by atoms with Crippen LogP contribution in [0.4, 0.5) is 13.2 Å². The van der Waals surface area contributed by atoms with Gasteiger partial charge in [-0.1, -0.05) is 19.9 Å². The second kappa shape index (κ2) is 4.81. The number of imidazole rings is 1. The fraction of sp³-hybridized carbons (Fsp3) is 0.385. The van der Waals surface area contributed by atoms with E-state index in [4.69, 9.17) is 5.11 Å². The molecule has 0 radical (unpaired) electrons. The van der Waals surface area contributed by atoms with Crippen LogP contribution in [0.25, 0.3) is 11.0 Å². The summed E-state index contributed by atoms with van der Waals surface area (Å²) in [6, 6.07) is 4.12. The van der Waals surface area contributed by atoms with E-state index in [0.29, 0.717) is 0 Å². The summed E-state index contributed by atoms with van der Waals surface area (Å²) in [5.74, 6) is -2.38. The van der Waals surface area contributed by atoms with E-state index in [2.05, 4.69) is 4.98 Å². The Balaban J connectivity index is 2.78. The molecule has 0 saturated carbocycles. The molecule has 0 saturated heterocycles. The highest BCUT2D eigenvalue weighted by molar-refractivity contribution is 6.01. The van der Waals surface area contributed by atoms with Crippen molar-refractivity contribution in [2.45, 2.75) is 26.6 Å². The molecule has 1 heterocycles. The van der Waals surface area contributed by atoms with Gasteiger partial charge in [-0.2, -0.15) is 13.2 Å². The second-order valence-corrected chi connectivity index (χ2v) is 4.92. The summed E-state index contributed by atoms with van der Waals surface area (Å²) in [6.45, 7) is 3.69. The zero-order valence-corrected chi connectivity index (χ0v) is 10.9. The highest BCUT2D eigenvalue weighted by Crippen LogP contribution is 2.33. The van der Waals surface area contributed by atoms with Crippen LogP contribution >= 0.6 is 0 Å². The number of aromatic carboxylic acids is 1. The molecule has 2 aromatic rings. The Morgan fingerprint density at radius 1 is 1.40 bits per heavy atom. The van der Waals surface area contributed by atoms with Gasteiger partial charge in [-0.3, -0.25) is 0 Å². The number of carboxylic acids is 1. The molecular weight excluding hydrogens is 273 g/mol. The van der Waals surface area contributed by atoms with Gasteiger partial charge in [0.25, 0.3) is 0 Å². The van der Waals surface area contributed by atoms with E-state index in [0.717, 1.165) is 4.57 Å². The van der Waals surface area contributed by atoms with E-state index in [1.165, 1.54) is 18.2 Å². The summed E-state index contributed by atoms with van der Waals surface area (Å²) in [7, 11) is 0. The third-order valence-electron chi connectivity index (χ3n) is 2.81. The molecule has 0 unspecified atom stereocenters. The number of carboxylic acid groups (broad SMARTS) is 1. The Morgan fingerprint density at radius 2 is 2.05 bits per heavy atom. The number of benzene rings is 1. The van der Waals surface area contributed by atoms with Crippen LogP contribution in [0.2, 0.25) is 0 Å². The van der Waals surface area contributed by atoms with Gasteiger partial charge in [-0.25, -0.2) is 9.78 Å². The monoisotopic (exact) mass is 286 g/mol. The van der Waals surface area contributed by atoms with Crippen LogP contribution in [0.15, 0.2) is 18.2 Å². The van der Waals surface area contributed by atoms with Crippen molar-refractivity contribution in [3.05, 3.63) is 29.6 Å². The van der Waals surface area contributed by atoms with Crippen molar-refractivity contribution in [2.24, 2.45) is 5.92 Å². The number of aromatic nitrogens is 2. The number of hydrogen-bond acceptors (Lipinski definition) is 2. The van der Waals surface area contributed by atoms with E-state index in [-0.39, 0.29) is 29.1 Å². The third-order valence-corrected chi connectivity index (χ3v) is 2.81. The van der Waals surface area contributed by atoms with E-state index in [9.17, 15) is 18.0 Å². The van der Waals surface area contributed by atoms with E-state index in [1.54, 1.807) is 13.8 Å². The Bertz CT molecular complexity index is 659. The molecule has 108 valence electrons. The Labute approximate surface area is 112 Å². The lowest BCUT2D eigenvalue weighted by molar-refractivity contribution is -0.147. The van der Waals surface area contributed by atoms with Gasteiger partial charge >= 0.3 is 12.1 Å². The molecule has 1 aromatic heterocycles. The van der Waals surface area contributed by atoms with Crippen molar-refractivity contribution in [2.75, 3.05) is 0 Å². The predicted molar refractivity (Wildman–Crippen MR) is 66.5 cm³/mol. The first-order valence-electron chi connectivity index (χ1n) is 6.01. The number of hydrogen-bond donors (Lipinski definition) is 1. The van der Waals surface area contributed by atoms with Crippen molar-refractivity contribution in [1.82, 2.24) is 9.55 Å². The van der Waals surface area contributed by atoms with Crippen LogP contribution in [0.1, 0.15) is 30.0 Å². The van der Waals surface area contributed by atoms with Gasteiger partial charge in [0.05, 0.1) is 11.1 Å². The first-order valence-corrected chi connectivity index (χ1v) is 6.01. The van der Waals surface area contributed by atoms with Crippen LogP contribution in [-0.4, -0.2) is 20.6 Å². The predicted octanol–water partition coefficient (Wildman–Crippen LogP) is 3.41. The van der Waals surface area contributed by atoms with Gasteiger partial charge in [0, 0.05) is 6.54 Å². The van der Waals surface area contributed by atoms with Crippen molar-refractivity contribution in [3.63, 3.8) is 0 Å². The molecule has 2 rings (SSSR count). The van der Waals surface area contributed by atoms with Crippen LogP contribution in [-0.2, 0) is 12.7 Å². The molecule has 0 amide bonds. The van der Waals surface area contributed by atoms with Gasteiger partial charge in [0.15, 0.2) is 0 Å². The molecule has 0 aliphatic rings. The summed E-state index contributed by atoms with van der Waals surface area (Å²) < 4.78 is 40.2. The molecule has 0 spiro atoms. The minimum atomic E-state index is -4.62. The lowest BCUT2D eigenvalue weighted by Crippen LogP contribution is -2.17. The normalized spacial score (nSPS) is 12.3. The van der Waals surface area contributed by atoms with Gasteiger partial charge in [0.2, 0.25) is 5.82 Å². The number of carbonyl (C=O) groups is 1. The maximum atomic E-state index is 13.0. The molecular formula is C13H13F3N2O2. The topological polar surface area (TPSA) is 55.1 Å². The Kier molecular flexibility index (Phi) is 3.45. The molecule has 0 fully saturated rings. The Morgan fingerprint density at radius 3 is 2.55 bits per heavy atom. The minimum Gasteiger partial charge on any atom is -0.478 e. The van der Waals surface area contributed by atoms with Crippen molar-refractivity contribution >= 4 is 17.0 Å². The van der Waals surface area contributed by atoms with E-state index in [1.807, 2.05) is 0 Å². The molecule has 4 nitrogen and oxygen atoms in total. The Hall–Kier alpha value is -2.05. The van der Waals surface area contributed by atoms with Crippen LogP contribution in [0.5, 0.6) is 0 Å². The minimum absolute atomic E-state index is 0.0259. The van der Waals surface area contributed by atoms with Crippen LogP contribution < -0.4 is 0 Å². The SMILES string of the molecule is CC(C)Cn1c(C(F)(F)F)nc2c(C(=O)O)cccc21. The zero-order chi connectivity index (χ0) is 15.1. The number of fused-ring (bicyclic) bond motifs is 1. The van der Waals surface area contributed by atoms with Gasteiger partial charge in [0.1, 0.15) is 5.52 Å². The lowest BCUT2D eigenvalue weighted by Gasteiger charge is -2.13. The fourth-order valence-electron chi connectivity index (χ4n) is 2.09. The maximum Gasteiger partial charge on any atom is 0.449 e. The standard InChI is InChI=1S/C13H13F3N2O2/c1-7(2)6-18-9-5-3-4-8(11(19)20)10(9)17-12(18)13(14,15)16/h3-5,7H,6H2,1-2H3,(H,19,20). The summed E-state index contributed by atoms with van der Waals surface area (Å²) in [6.07, 6.45) is -4.62. The van der Waals surface area contributed by atoms with E-state index >= 15 is 0 Å². The molecule has 7 heteroatoms. The second-order valence-electron chi connectivity index (χ2n) is 4.92. The number of rotatable bonds is 3. The van der Waals surface area contributed by atoms with Crippen molar-refractivity contribution in [1.29, 1.82) is 0 Å². The maximum absolute atomic E-state index is 13.0. The van der Waals surface area contributed by atoms with Gasteiger partial charge in [-0.15, -0.1) is 0 Å². The quantitative estimate of drug-likeness (QED) is 0.940. The molecule has 1 aromatic carbocycles. The molecule has 0 bridgehead atoms. The molecule has 0 aliphatic carbocycles. The number of halogens is 3. The average Bonchev–Trinajstić information content (AvgIpc) is 2.67. The smallest absolute Gasteiger partial charge is 0.449 e.